The highest BCUT2D eigenvalue weighted by Crippen LogP contribution is 2.14. The van der Waals surface area contributed by atoms with Gasteiger partial charge in [-0.1, -0.05) is 6.07 Å². The summed E-state index contributed by atoms with van der Waals surface area (Å²) in [6, 6.07) is 5.89. The molecule has 0 saturated heterocycles. The summed E-state index contributed by atoms with van der Waals surface area (Å²) in [6.07, 6.45) is 6.88. The van der Waals surface area contributed by atoms with Crippen molar-refractivity contribution < 1.29 is 0 Å². The van der Waals surface area contributed by atoms with E-state index in [0.717, 1.165) is 42.2 Å². The third-order valence-electron chi connectivity index (χ3n) is 3.48. The number of nitrogens with one attached hydrogen (secondary N) is 2. The molecule has 0 aromatic carbocycles. The van der Waals surface area contributed by atoms with Gasteiger partial charge in [0.25, 0.3) is 0 Å². The third kappa shape index (κ3) is 2.24. The topological polar surface area (TPSA) is 96.7 Å². The molecule has 0 amide bonds. The molecular formula is C14H14N8. The number of nitrogens with zero attached hydrogens (tertiary/aromatic N) is 6. The van der Waals surface area contributed by atoms with E-state index in [2.05, 4.69) is 35.5 Å². The Morgan fingerprint density at radius 3 is 3.14 bits per heavy atom. The molecule has 0 aliphatic heterocycles. The molecule has 0 aliphatic carbocycles. The summed E-state index contributed by atoms with van der Waals surface area (Å²) in [7, 11) is 0. The second-order valence-corrected chi connectivity index (χ2v) is 4.90. The Balaban J connectivity index is 1.40. The van der Waals surface area contributed by atoms with Crippen LogP contribution in [-0.4, -0.2) is 41.1 Å². The van der Waals surface area contributed by atoms with Gasteiger partial charge < -0.3 is 10.3 Å². The number of aromatic nitrogens is 7. The van der Waals surface area contributed by atoms with Crippen LogP contribution in [0, 0.1) is 0 Å². The Labute approximate surface area is 125 Å². The molecule has 8 heteroatoms. The molecule has 4 heterocycles. The standard InChI is InChI=1S/C14H14N8/c1-2-7-22-10(4-1)20-21-11(22)5-3-6-15-13-12-14(17-8-16-12)19-9-18-13/h1-2,4,7-9H,3,5-6H2,(H2,15,16,17,18,19). The zero-order chi connectivity index (χ0) is 14.8. The van der Waals surface area contributed by atoms with Crippen LogP contribution in [-0.2, 0) is 6.42 Å². The fourth-order valence-electron chi connectivity index (χ4n) is 2.41. The maximum Gasteiger partial charge on any atom is 0.182 e. The number of pyridine rings is 1. The summed E-state index contributed by atoms with van der Waals surface area (Å²) in [5.41, 5.74) is 2.37. The van der Waals surface area contributed by atoms with Crippen LogP contribution in [0.25, 0.3) is 16.8 Å². The van der Waals surface area contributed by atoms with Gasteiger partial charge in [-0.05, 0) is 18.6 Å². The van der Waals surface area contributed by atoms with Gasteiger partial charge in [-0.15, -0.1) is 10.2 Å². The minimum Gasteiger partial charge on any atom is -0.368 e. The van der Waals surface area contributed by atoms with Crippen molar-refractivity contribution in [3.63, 3.8) is 0 Å². The Morgan fingerprint density at radius 2 is 2.14 bits per heavy atom. The van der Waals surface area contributed by atoms with Crippen LogP contribution in [0.1, 0.15) is 12.2 Å². The van der Waals surface area contributed by atoms with Crippen molar-refractivity contribution in [2.45, 2.75) is 12.8 Å². The lowest BCUT2D eigenvalue weighted by molar-refractivity contribution is 0.786. The molecule has 2 N–H and O–H groups in total. The van der Waals surface area contributed by atoms with Crippen molar-refractivity contribution in [2.24, 2.45) is 0 Å². The Kier molecular flexibility index (Phi) is 3.11. The third-order valence-corrected chi connectivity index (χ3v) is 3.48. The van der Waals surface area contributed by atoms with Crippen LogP contribution >= 0.6 is 0 Å². The largest absolute Gasteiger partial charge is 0.368 e. The summed E-state index contributed by atoms with van der Waals surface area (Å²) in [5, 5.41) is 11.7. The lowest BCUT2D eigenvalue weighted by Gasteiger charge is -2.05. The first kappa shape index (κ1) is 12.7. The average Bonchev–Trinajstić information content (AvgIpc) is 3.19. The van der Waals surface area contributed by atoms with Gasteiger partial charge in [-0.3, -0.25) is 4.40 Å². The van der Waals surface area contributed by atoms with Gasteiger partial charge in [-0.2, -0.15) is 0 Å². The molecule has 0 unspecified atom stereocenters. The van der Waals surface area contributed by atoms with E-state index in [4.69, 9.17) is 0 Å². The number of aromatic amines is 1. The number of anilines is 1. The molecule has 0 bridgehead atoms. The van der Waals surface area contributed by atoms with E-state index < -0.39 is 0 Å². The predicted molar refractivity (Wildman–Crippen MR) is 81.5 cm³/mol. The average molecular weight is 294 g/mol. The van der Waals surface area contributed by atoms with Crippen molar-refractivity contribution in [1.82, 2.24) is 34.5 Å². The van der Waals surface area contributed by atoms with Gasteiger partial charge in [0.15, 0.2) is 17.1 Å². The zero-order valence-electron chi connectivity index (χ0n) is 11.8. The lowest BCUT2D eigenvalue weighted by atomic mass is 10.3. The first-order valence-electron chi connectivity index (χ1n) is 7.08. The summed E-state index contributed by atoms with van der Waals surface area (Å²) >= 11 is 0. The lowest BCUT2D eigenvalue weighted by Crippen LogP contribution is -2.06. The number of rotatable bonds is 5. The molecule has 4 aromatic rings. The molecule has 0 spiro atoms. The summed E-state index contributed by atoms with van der Waals surface area (Å²) in [4.78, 5) is 15.5. The van der Waals surface area contributed by atoms with E-state index in [0.29, 0.717) is 5.65 Å². The van der Waals surface area contributed by atoms with Crippen LogP contribution in [0.2, 0.25) is 0 Å². The van der Waals surface area contributed by atoms with Crippen molar-refractivity contribution >= 4 is 22.6 Å². The number of hydrogen-bond donors (Lipinski definition) is 2. The van der Waals surface area contributed by atoms with Crippen LogP contribution in [0.4, 0.5) is 5.82 Å². The normalized spacial score (nSPS) is 11.3. The van der Waals surface area contributed by atoms with Gasteiger partial charge >= 0.3 is 0 Å². The number of aryl methyl sites for hydroxylation is 1. The smallest absolute Gasteiger partial charge is 0.182 e. The highest BCUT2D eigenvalue weighted by Gasteiger charge is 2.06. The molecule has 22 heavy (non-hydrogen) atoms. The number of H-pyrrole nitrogens is 1. The number of hydrogen-bond acceptors (Lipinski definition) is 6. The SMILES string of the molecule is c1ccn2c(CCCNc3ncnc4nc[nH]c34)nnc2c1. The van der Waals surface area contributed by atoms with Crippen LogP contribution < -0.4 is 5.32 Å². The minimum absolute atomic E-state index is 0.668. The summed E-state index contributed by atoms with van der Waals surface area (Å²) < 4.78 is 2.01. The fourth-order valence-corrected chi connectivity index (χ4v) is 2.41. The van der Waals surface area contributed by atoms with E-state index in [1.807, 2.05) is 28.8 Å². The van der Waals surface area contributed by atoms with Crippen molar-refractivity contribution in [3.8, 4) is 0 Å². The maximum absolute atomic E-state index is 4.24. The summed E-state index contributed by atoms with van der Waals surface area (Å²) in [5.74, 6) is 1.74. The van der Waals surface area contributed by atoms with Crippen molar-refractivity contribution in [1.29, 1.82) is 0 Å². The first-order valence-corrected chi connectivity index (χ1v) is 7.08. The van der Waals surface area contributed by atoms with Gasteiger partial charge in [0.1, 0.15) is 17.7 Å². The second-order valence-electron chi connectivity index (χ2n) is 4.90. The Hall–Kier alpha value is -3.03. The van der Waals surface area contributed by atoms with E-state index in [1.54, 1.807) is 6.33 Å². The molecule has 0 fully saturated rings. The number of imidazole rings is 1. The molecular weight excluding hydrogens is 280 g/mol. The molecule has 0 saturated carbocycles. The highest BCUT2D eigenvalue weighted by atomic mass is 15.2. The molecule has 8 nitrogen and oxygen atoms in total. The van der Waals surface area contributed by atoms with E-state index in [-0.39, 0.29) is 0 Å². The molecule has 4 rings (SSSR count). The van der Waals surface area contributed by atoms with Crippen LogP contribution in [0.5, 0.6) is 0 Å². The molecule has 110 valence electrons. The first-order chi connectivity index (χ1) is 10.9. The summed E-state index contributed by atoms with van der Waals surface area (Å²) in [6.45, 7) is 0.785. The molecule has 0 atom stereocenters. The van der Waals surface area contributed by atoms with Crippen LogP contribution in [0.3, 0.4) is 0 Å². The Morgan fingerprint density at radius 1 is 1.14 bits per heavy atom. The van der Waals surface area contributed by atoms with E-state index in [1.165, 1.54) is 6.33 Å². The maximum atomic E-state index is 4.24. The fraction of sp³-hybridized carbons (Fsp3) is 0.214. The minimum atomic E-state index is 0.668. The van der Waals surface area contributed by atoms with Gasteiger partial charge in [0.2, 0.25) is 0 Å². The van der Waals surface area contributed by atoms with Gasteiger partial charge in [-0.25, -0.2) is 15.0 Å². The predicted octanol–water partition coefficient (Wildman–Crippen LogP) is 1.44. The van der Waals surface area contributed by atoms with Gasteiger partial charge in [0.05, 0.1) is 6.33 Å². The zero-order valence-corrected chi connectivity index (χ0v) is 11.8. The van der Waals surface area contributed by atoms with Crippen molar-refractivity contribution in [2.75, 3.05) is 11.9 Å². The van der Waals surface area contributed by atoms with E-state index >= 15 is 0 Å². The number of fused-ring (bicyclic) bond motifs is 2. The monoisotopic (exact) mass is 294 g/mol. The quantitative estimate of drug-likeness (QED) is 0.541. The Bertz CT molecular complexity index is 909. The van der Waals surface area contributed by atoms with Crippen molar-refractivity contribution in [3.05, 3.63) is 42.9 Å². The molecule has 0 radical (unpaired) electrons. The van der Waals surface area contributed by atoms with Gasteiger partial charge in [0, 0.05) is 19.2 Å². The molecule has 4 aromatic heterocycles. The highest BCUT2D eigenvalue weighted by molar-refractivity contribution is 5.81. The molecule has 0 aliphatic rings. The van der Waals surface area contributed by atoms with Crippen LogP contribution in [0.15, 0.2) is 37.1 Å². The second kappa shape index (κ2) is 5.40. The van der Waals surface area contributed by atoms with E-state index in [9.17, 15) is 0 Å².